The van der Waals surface area contributed by atoms with Crippen LogP contribution in [-0.2, 0) is 16.6 Å². The van der Waals surface area contributed by atoms with E-state index in [-0.39, 0.29) is 18.1 Å². The van der Waals surface area contributed by atoms with E-state index < -0.39 is 10.0 Å². The molecule has 1 aromatic rings. The quantitative estimate of drug-likeness (QED) is 0.712. The molecule has 0 heterocycles. The van der Waals surface area contributed by atoms with Crippen LogP contribution in [0, 0.1) is 5.82 Å². The van der Waals surface area contributed by atoms with Crippen LogP contribution >= 0.6 is 0 Å². The van der Waals surface area contributed by atoms with Gasteiger partial charge in [0.05, 0.1) is 5.75 Å². The Morgan fingerprint density at radius 3 is 2.52 bits per heavy atom. The highest BCUT2D eigenvalue weighted by Gasteiger charge is 2.18. The van der Waals surface area contributed by atoms with Crippen molar-refractivity contribution < 1.29 is 12.8 Å². The van der Waals surface area contributed by atoms with E-state index in [0.29, 0.717) is 18.0 Å². The molecule has 0 saturated heterocycles. The Morgan fingerprint density at radius 1 is 1.24 bits per heavy atom. The van der Waals surface area contributed by atoms with Crippen molar-refractivity contribution in [2.45, 2.75) is 39.3 Å². The van der Waals surface area contributed by atoms with E-state index in [1.807, 2.05) is 0 Å². The van der Waals surface area contributed by atoms with Crippen molar-refractivity contribution in [1.82, 2.24) is 9.62 Å². The number of rotatable bonds is 9. The summed E-state index contributed by atoms with van der Waals surface area (Å²) in [5.74, 6) is -0.279. The molecule has 0 aromatic heterocycles. The fraction of sp³-hybridized carbons (Fsp3) is 0.600. The van der Waals surface area contributed by atoms with Gasteiger partial charge in [0.25, 0.3) is 0 Å². The molecule has 0 aliphatic heterocycles. The summed E-state index contributed by atoms with van der Waals surface area (Å²) in [5.41, 5.74) is 0.394. The number of halogens is 1. The summed E-state index contributed by atoms with van der Waals surface area (Å²) >= 11 is 0. The number of hydrogen-bond acceptors (Lipinski definition) is 3. The summed E-state index contributed by atoms with van der Waals surface area (Å²) in [6.07, 6.45) is 1.41. The van der Waals surface area contributed by atoms with E-state index in [1.165, 1.54) is 17.4 Å². The van der Waals surface area contributed by atoms with Gasteiger partial charge in [0.15, 0.2) is 0 Å². The molecule has 1 N–H and O–H groups in total. The zero-order chi connectivity index (χ0) is 15.9. The van der Waals surface area contributed by atoms with Gasteiger partial charge in [-0.1, -0.05) is 32.0 Å². The van der Waals surface area contributed by atoms with Gasteiger partial charge < -0.3 is 5.32 Å². The molecule has 4 nitrogen and oxygen atoms in total. The normalized spacial score (nSPS) is 12.3. The lowest BCUT2D eigenvalue weighted by Gasteiger charge is -2.17. The molecular weight excluding hydrogens is 291 g/mol. The second kappa shape index (κ2) is 8.46. The molecule has 6 heteroatoms. The number of hydrogen-bond donors (Lipinski definition) is 1. The first kappa shape index (κ1) is 18.1. The molecule has 0 unspecified atom stereocenters. The summed E-state index contributed by atoms with van der Waals surface area (Å²) in [6.45, 7) is 4.99. The second-order valence-corrected chi connectivity index (χ2v) is 7.67. The van der Waals surface area contributed by atoms with Crippen LogP contribution in [0.1, 0.15) is 32.3 Å². The van der Waals surface area contributed by atoms with Crippen LogP contribution in [0.2, 0.25) is 0 Å². The average Bonchev–Trinajstić information content (AvgIpc) is 2.40. The number of unbranched alkanes of at least 4 members (excludes halogenated alkanes) is 1. The topological polar surface area (TPSA) is 49.4 Å². The van der Waals surface area contributed by atoms with Crippen molar-refractivity contribution in [3.63, 3.8) is 0 Å². The van der Waals surface area contributed by atoms with Crippen LogP contribution in [0.25, 0.3) is 0 Å². The predicted molar refractivity (Wildman–Crippen MR) is 84.0 cm³/mol. The van der Waals surface area contributed by atoms with E-state index in [2.05, 4.69) is 19.2 Å². The lowest BCUT2D eigenvalue weighted by atomic mass is 10.2. The second-order valence-electron chi connectivity index (χ2n) is 5.48. The van der Waals surface area contributed by atoms with Gasteiger partial charge in [-0.3, -0.25) is 0 Å². The fourth-order valence-electron chi connectivity index (χ4n) is 1.92. The molecule has 1 rings (SSSR count). The molecule has 0 atom stereocenters. The molecule has 120 valence electrons. The smallest absolute Gasteiger partial charge is 0.214 e. The van der Waals surface area contributed by atoms with E-state index in [4.69, 9.17) is 0 Å². The van der Waals surface area contributed by atoms with Crippen molar-refractivity contribution >= 4 is 10.0 Å². The van der Waals surface area contributed by atoms with Crippen LogP contribution in [-0.4, -0.2) is 38.1 Å². The zero-order valence-electron chi connectivity index (χ0n) is 13.0. The minimum Gasteiger partial charge on any atom is -0.315 e. The first-order chi connectivity index (χ1) is 9.83. The summed E-state index contributed by atoms with van der Waals surface area (Å²) in [6, 6.07) is 6.65. The Hall–Kier alpha value is -0.980. The molecule has 0 fully saturated rings. The van der Waals surface area contributed by atoms with Gasteiger partial charge in [0.1, 0.15) is 5.82 Å². The molecule has 0 spiro atoms. The highest BCUT2D eigenvalue weighted by molar-refractivity contribution is 7.89. The van der Waals surface area contributed by atoms with E-state index in [9.17, 15) is 12.8 Å². The van der Waals surface area contributed by atoms with Gasteiger partial charge in [-0.2, -0.15) is 0 Å². The van der Waals surface area contributed by atoms with Crippen LogP contribution in [0.3, 0.4) is 0 Å². The van der Waals surface area contributed by atoms with Gasteiger partial charge >= 0.3 is 0 Å². The molecular formula is C15H25FN2O2S. The average molecular weight is 316 g/mol. The molecule has 0 amide bonds. The van der Waals surface area contributed by atoms with Crippen LogP contribution in [0.15, 0.2) is 24.3 Å². The van der Waals surface area contributed by atoms with Gasteiger partial charge in [-0.15, -0.1) is 0 Å². The van der Waals surface area contributed by atoms with Crippen LogP contribution < -0.4 is 5.32 Å². The molecule has 21 heavy (non-hydrogen) atoms. The van der Waals surface area contributed by atoms with Crippen molar-refractivity contribution in [3.8, 4) is 0 Å². The number of benzene rings is 1. The lowest BCUT2D eigenvalue weighted by Crippen LogP contribution is -2.30. The minimum absolute atomic E-state index is 0.0687. The van der Waals surface area contributed by atoms with Crippen molar-refractivity contribution in [1.29, 1.82) is 0 Å². The number of sulfonamides is 1. The summed E-state index contributed by atoms with van der Waals surface area (Å²) in [5, 5.41) is 3.25. The molecule has 0 aliphatic rings. The maximum absolute atomic E-state index is 13.5. The van der Waals surface area contributed by atoms with Gasteiger partial charge in [0, 0.05) is 25.2 Å². The first-order valence-corrected chi connectivity index (χ1v) is 8.84. The van der Waals surface area contributed by atoms with Crippen molar-refractivity contribution in [2.75, 3.05) is 19.3 Å². The Kier molecular flexibility index (Phi) is 7.28. The maximum atomic E-state index is 13.5. The largest absolute Gasteiger partial charge is 0.315 e. The lowest BCUT2D eigenvalue weighted by molar-refractivity contribution is 0.454. The Bertz CT molecular complexity index is 532. The summed E-state index contributed by atoms with van der Waals surface area (Å²) < 4.78 is 39.0. The maximum Gasteiger partial charge on any atom is 0.214 e. The molecule has 0 bridgehead atoms. The monoisotopic (exact) mass is 316 g/mol. The molecule has 1 aromatic carbocycles. The standard InChI is InChI=1S/C15H25FN2O2S/c1-13(2)17-10-6-7-11-21(19,20)18(3)12-14-8-4-5-9-15(14)16/h4-5,8-9,13,17H,6-7,10-12H2,1-3H3. The van der Waals surface area contributed by atoms with Gasteiger partial charge in [0.2, 0.25) is 10.0 Å². The predicted octanol–water partition coefficient (Wildman–Crippen LogP) is 2.37. The molecule has 0 saturated carbocycles. The third kappa shape index (κ3) is 6.54. The SMILES string of the molecule is CC(C)NCCCCS(=O)(=O)N(C)Cc1ccccc1F. The van der Waals surface area contributed by atoms with Crippen molar-refractivity contribution in [2.24, 2.45) is 0 Å². The van der Waals surface area contributed by atoms with Gasteiger partial charge in [-0.25, -0.2) is 17.1 Å². The van der Waals surface area contributed by atoms with E-state index in [0.717, 1.165) is 13.0 Å². The third-order valence-corrected chi connectivity index (χ3v) is 5.09. The zero-order valence-corrected chi connectivity index (χ0v) is 13.8. The molecule has 0 aliphatic carbocycles. The highest BCUT2D eigenvalue weighted by Crippen LogP contribution is 2.12. The first-order valence-electron chi connectivity index (χ1n) is 7.23. The number of nitrogens with zero attached hydrogens (tertiary/aromatic N) is 1. The van der Waals surface area contributed by atoms with E-state index >= 15 is 0 Å². The minimum atomic E-state index is -3.34. The number of nitrogens with one attached hydrogen (secondary N) is 1. The van der Waals surface area contributed by atoms with Crippen LogP contribution in [0.5, 0.6) is 0 Å². The van der Waals surface area contributed by atoms with E-state index in [1.54, 1.807) is 18.2 Å². The molecule has 0 radical (unpaired) electrons. The Balaban J connectivity index is 2.45. The van der Waals surface area contributed by atoms with Crippen LogP contribution in [0.4, 0.5) is 4.39 Å². The Labute approximate surface area is 127 Å². The highest BCUT2D eigenvalue weighted by atomic mass is 32.2. The van der Waals surface area contributed by atoms with Gasteiger partial charge in [-0.05, 0) is 25.5 Å². The fourth-order valence-corrected chi connectivity index (χ4v) is 3.14. The Morgan fingerprint density at radius 2 is 1.90 bits per heavy atom. The third-order valence-electron chi connectivity index (χ3n) is 3.21. The summed E-state index contributed by atoms with van der Waals surface area (Å²) in [7, 11) is -1.84. The summed E-state index contributed by atoms with van der Waals surface area (Å²) in [4.78, 5) is 0. The van der Waals surface area contributed by atoms with Crippen molar-refractivity contribution in [3.05, 3.63) is 35.6 Å².